The number of hydrogen-bond acceptors (Lipinski definition) is 3. The molecule has 0 saturated heterocycles. The second kappa shape index (κ2) is 8.74. The summed E-state index contributed by atoms with van der Waals surface area (Å²) in [5.74, 6) is -0.145. The molecule has 0 bridgehead atoms. The average Bonchev–Trinajstić information content (AvgIpc) is 3.19. The van der Waals surface area contributed by atoms with Crippen LogP contribution < -0.4 is 5.32 Å². The Hall–Kier alpha value is -2.81. The molecule has 4 rings (SSSR count). The van der Waals surface area contributed by atoms with Crippen molar-refractivity contribution in [3.8, 4) is 0 Å². The lowest BCUT2D eigenvalue weighted by molar-refractivity contribution is -0.142. The number of nitrogens with zero attached hydrogens (tertiary/aromatic N) is 4. The fraction of sp³-hybridized carbons (Fsp3) is 0.381. The highest BCUT2D eigenvalue weighted by atomic mass is 35.5. The summed E-state index contributed by atoms with van der Waals surface area (Å²) in [4.78, 5) is 12.5. The molecule has 0 atom stereocenters. The van der Waals surface area contributed by atoms with Crippen LogP contribution in [-0.4, -0.2) is 25.5 Å². The number of alkyl halides is 3. The topological polar surface area (TPSA) is 64.7 Å². The van der Waals surface area contributed by atoms with Crippen molar-refractivity contribution in [2.24, 2.45) is 0 Å². The summed E-state index contributed by atoms with van der Waals surface area (Å²) < 4.78 is 43.1. The highest BCUT2D eigenvalue weighted by molar-refractivity contribution is 6.30. The van der Waals surface area contributed by atoms with Gasteiger partial charge in [0.05, 0.1) is 6.54 Å². The van der Waals surface area contributed by atoms with E-state index in [1.165, 1.54) is 4.68 Å². The third kappa shape index (κ3) is 5.10. The van der Waals surface area contributed by atoms with E-state index in [4.69, 9.17) is 11.6 Å². The molecule has 1 aliphatic carbocycles. The van der Waals surface area contributed by atoms with Gasteiger partial charge in [-0.05, 0) is 43.4 Å². The summed E-state index contributed by atoms with van der Waals surface area (Å²) in [7, 11) is 0. The minimum absolute atomic E-state index is 0.227. The zero-order chi connectivity index (χ0) is 22.0. The molecule has 1 N–H and O–H groups in total. The Bertz CT molecular complexity index is 1070. The van der Waals surface area contributed by atoms with Gasteiger partial charge in [-0.15, -0.1) is 0 Å². The van der Waals surface area contributed by atoms with Crippen molar-refractivity contribution in [2.45, 2.75) is 51.4 Å². The number of amides is 1. The molecule has 0 radical (unpaired) electrons. The van der Waals surface area contributed by atoms with Gasteiger partial charge in [0.25, 0.3) is 0 Å². The first-order valence-corrected chi connectivity index (χ1v) is 10.4. The highest BCUT2D eigenvalue weighted by Crippen LogP contribution is 2.35. The van der Waals surface area contributed by atoms with Gasteiger partial charge in [0, 0.05) is 28.5 Å². The van der Waals surface area contributed by atoms with Crippen LogP contribution in [-0.2, 0) is 36.9 Å². The van der Waals surface area contributed by atoms with E-state index in [1.807, 2.05) is 12.1 Å². The van der Waals surface area contributed by atoms with Crippen molar-refractivity contribution < 1.29 is 18.0 Å². The average molecular weight is 452 g/mol. The van der Waals surface area contributed by atoms with E-state index in [0.29, 0.717) is 42.3 Å². The van der Waals surface area contributed by atoms with Crippen molar-refractivity contribution in [1.29, 1.82) is 0 Å². The fourth-order valence-electron chi connectivity index (χ4n) is 3.82. The second-order valence-corrected chi connectivity index (χ2v) is 8.00. The Balaban J connectivity index is 1.45. The largest absolute Gasteiger partial charge is 0.435 e. The minimum Gasteiger partial charge on any atom is -0.308 e. The monoisotopic (exact) mass is 451 g/mol. The van der Waals surface area contributed by atoms with Crippen LogP contribution in [0.25, 0.3) is 0 Å². The minimum atomic E-state index is -4.53. The summed E-state index contributed by atoms with van der Waals surface area (Å²) in [6, 6.07) is 8.96. The van der Waals surface area contributed by atoms with Crippen LogP contribution in [0.4, 0.5) is 19.0 Å². The van der Waals surface area contributed by atoms with Crippen molar-refractivity contribution >= 4 is 23.3 Å². The van der Waals surface area contributed by atoms with Crippen LogP contribution in [0.5, 0.6) is 0 Å². The van der Waals surface area contributed by atoms with Crippen LogP contribution >= 0.6 is 11.6 Å². The Morgan fingerprint density at radius 1 is 1.06 bits per heavy atom. The van der Waals surface area contributed by atoms with Crippen LogP contribution in [0, 0.1) is 0 Å². The van der Waals surface area contributed by atoms with Crippen LogP contribution in [0.3, 0.4) is 0 Å². The van der Waals surface area contributed by atoms with Gasteiger partial charge < -0.3 is 5.32 Å². The summed E-state index contributed by atoms with van der Waals surface area (Å²) >= 11 is 5.88. The number of benzene rings is 1. The normalized spacial score (nSPS) is 14.2. The van der Waals surface area contributed by atoms with Gasteiger partial charge in [-0.2, -0.15) is 23.4 Å². The summed E-state index contributed by atoms with van der Waals surface area (Å²) in [6.07, 6.45) is 0.347. The number of nitrogens with one attached hydrogen (secondary N) is 1. The van der Waals surface area contributed by atoms with Gasteiger partial charge in [-0.3, -0.25) is 14.2 Å². The molecule has 0 aliphatic heterocycles. The maximum Gasteiger partial charge on any atom is 0.435 e. The summed E-state index contributed by atoms with van der Waals surface area (Å²) in [6.45, 7) is 0.205. The van der Waals surface area contributed by atoms with Crippen molar-refractivity contribution in [2.75, 3.05) is 5.32 Å². The van der Waals surface area contributed by atoms with Gasteiger partial charge in [-0.1, -0.05) is 30.2 Å². The summed E-state index contributed by atoms with van der Waals surface area (Å²) in [5, 5.41) is 11.3. The second-order valence-electron chi connectivity index (χ2n) is 7.56. The molecule has 2 heterocycles. The molecule has 164 valence electrons. The predicted molar refractivity (Wildman–Crippen MR) is 110 cm³/mol. The van der Waals surface area contributed by atoms with Gasteiger partial charge in [0.2, 0.25) is 5.91 Å². The number of hydrogen-bond donors (Lipinski definition) is 1. The zero-order valence-corrected chi connectivity index (χ0v) is 17.4. The molecule has 1 amide bonds. The maximum atomic E-state index is 13.4. The van der Waals surface area contributed by atoms with E-state index in [-0.39, 0.29) is 12.1 Å². The predicted octanol–water partition coefficient (Wildman–Crippen LogP) is 4.71. The molecule has 1 aliphatic rings. The standard InChI is InChI=1S/C21H21ClF3N5O/c22-15-8-6-14(7-9-15)12-29-11-10-18(27-29)26-19(31)13-30-17-5-3-1-2-4-16(17)20(28-30)21(23,24)25/h6-11H,1-5,12-13H2,(H,26,27,31). The van der Waals surface area contributed by atoms with E-state index < -0.39 is 17.8 Å². The molecule has 6 nitrogen and oxygen atoms in total. The van der Waals surface area contributed by atoms with E-state index >= 15 is 0 Å². The molecule has 0 unspecified atom stereocenters. The molecule has 0 spiro atoms. The lowest BCUT2D eigenvalue weighted by Gasteiger charge is -2.07. The van der Waals surface area contributed by atoms with E-state index in [0.717, 1.165) is 18.4 Å². The Labute approximate surface area is 182 Å². The number of halogens is 4. The number of carbonyl (C=O) groups is 1. The summed E-state index contributed by atoms with van der Waals surface area (Å²) in [5.41, 5.74) is 0.854. The Kier molecular flexibility index (Phi) is 6.04. The molecule has 0 saturated carbocycles. The van der Waals surface area contributed by atoms with Gasteiger partial charge >= 0.3 is 6.18 Å². The van der Waals surface area contributed by atoms with Crippen molar-refractivity contribution in [1.82, 2.24) is 19.6 Å². The van der Waals surface area contributed by atoms with E-state index in [1.54, 1.807) is 29.1 Å². The quantitative estimate of drug-likeness (QED) is 0.571. The molecular formula is C21H21ClF3N5O. The van der Waals surface area contributed by atoms with Gasteiger partial charge in [-0.25, -0.2) is 0 Å². The molecule has 31 heavy (non-hydrogen) atoms. The maximum absolute atomic E-state index is 13.4. The van der Waals surface area contributed by atoms with Crippen LogP contribution in [0.15, 0.2) is 36.5 Å². The zero-order valence-electron chi connectivity index (χ0n) is 16.6. The van der Waals surface area contributed by atoms with Crippen LogP contribution in [0.2, 0.25) is 5.02 Å². The number of anilines is 1. The van der Waals surface area contributed by atoms with Gasteiger partial charge in [0.15, 0.2) is 11.5 Å². The lowest BCUT2D eigenvalue weighted by Crippen LogP contribution is -2.22. The van der Waals surface area contributed by atoms with Crippen molar-refractivity contribution in [3.63, 3.8) is 0 Å². The molecule has 1 aromatic carbocycles. The van der Waals surface area contributed by atoms with Crippen LogP contribution in [0.1, 0.15) is 41.8 Å². The molecule has 10 heteroatoms. The van der Waals surface area contributed by atoms with E-state index in [2.05, 4.69) is 15.5 Å². The number of aromatic nitrogens is 4. The first-order valence-electron chi connectivity index (χ1n) is 10.0. The Morgan fingerprint density at radius 2 is 1.81 bits per heavy atom. The molecule has 2 aromatic heterocycles. The highest BCUT2D eigenvalue weighted by Gasteiger charge is 2.39. The molecule has 3 aromatic rings. The van der Waals surface area contributed by atoms with E-state index in [9.17, 15) is 18.0 Å². The molecule has 0 fully saturated rings. The third-order valence-electron chi connectivity index (χ3n) is 5.23. The first kappa shape index (κ1) is 21.4. The number of rotatable bonds is 5. The fourth-order valence-corrected chi connectivity index (χ4v) is 3.94. The Morgan fingerprint density at radius 3 is 2.55 bits per heavy atom. The smallest absolute Gasteiger partial charge is 0.308 e. The van der Waals surface area contributed by atoms with Crippen molar-refractivity contribution in [3.05, 3.63) is 64.1 Å². The van der Waals surface area contributed by atoms with Gasteiger partial charge in [0.1, 0.15) is 6.54 Å². The number of carbonyl (C=O) groups excluding carboxylic acids is 1. The first-order chi connectivity index (χ1) is 14.8. The SMILES string of the molecule is O=C(Cn1nc(C(F)(F)F)c2c1CCCCC2)Nc1ccn(Cc2ccc(Cl)cc2)n1. The number of fused-ring (bicyclic) bond motifs is 1. The third-order valence-corrected chi connectivity index (χ3v) is 5.49. The molecular weight excluding hydrogens is 431 g/mol. The lowest BCUT2D eigenvalue weighted by atomic mass is 10.1.